The van der Waals surface area contributed by atoms with Crippen molar-refractivity contribution in [3.05, 3.63) is 70.8 Å². The van der Waals surface area contributed by atoms with Crippen molar-refractivity contribution >= 4 is 112 Å². The summed E-state index contributed by atoms with van der Waals surface area (Å²) in [5.41, 5.74) is 8.47. The van der Waals surface area contributed by atoms with Crippen LogP contribution in [-0.2, 0) is 90.7 Å². The van der Waals surface area contributed by atoms with E-state index < -0.39 is 132 Å². The molecule has 35 heteroatoms. The minimum Gasteiger partial charge on any atom is -0.480 e. The van der Waals surface area contributed by atoms with Gasteiger partial charge in [0.25, 0.3) is 0 Å². The van der Waals surface area contributed by atoms with Crippen LogP contribution in [0.1, 0.15) is 80.5 Å². The maximum atomic E-state index is 14.9. The first-order valence-corrected chi connectivity index (χ1v) is 37.2. The Morgan fingerprint density at radius 3 is 1.70 bits per heavy atom. The molecule has 2 aromatic carbocycles. The van der Waals surface area contributed by atoms with E-state index >= 15 is 0 Å². The van der Waals surface area contributed by atoms with Crippen molar-refractivity contribution in [2.45, 2.75) is 130 Å². The number of amides is 9. The summed E-state index contributed by atoms with van der Waals surface area (Å²) in [5, 5.41) is 66.5. The molecule has 558 valence electrons. The highest BCUT2D eigenvalue weighted by Crippen LogP contribution is 2.28. The maximum absolute atomic E-state index is 14.9. The van der Waals surface area contributed by atoms with E-state index in [1.165, 1.54) is 59.1 Å². The van der Waals surface area contributed by atoms with Crippen LogP contribution in [0.3, 0.4) is 0 Å². The fourth-order valence-electron chi connectivity index (χ4n) is 12.2. The van der Waals surface area contributed by atoms with Gasteiger partial charge in [0.2, 0.25) is 53.2 Å². The van der Waals surface area contributed by atoms with Gasteiger partial charge in [0, 0.05) is 139 Å². The quantitative estimate of drug-likeness (QED) is 0.0469. The zero-order valence-corrected chi connectivity index (χ0v) is 59.5. The fraction of sp³-hybridized carbons (Fsp3) is 0.621. The summed E-state index contributed by atoms with van der Waals surface area (Å²) in [7, 11) is 1.50. The number of nitrogens with two attached hydrogens (primary N) is 1. The molecule has 13 N–H and O–H groups in total. The number of benzene rings is 2. The van der Waals surface area contributed by atoms with Crippen LogP contribution >= 0.6 is 35.3 Å². The molecule has 4 aliphatic rings. The number of carboxylic acids is 4. The predicted octanol–water partition coefficient (Wildman–Crippen LogP) is -2.20. The van der Waals surface area contributed by atoms with Crippen LogP contribution in [0.15, 0.2) is 48.5 Å². The Bertz CT molecular complexity index is 3150. The average molecular weight is 1470 g/mol. The molecule has 0 spiro atoms. The largest absolute Gasteiger partial charge is 0.480 e. The van der Waals surface area contributed by atoms with Crippen LogP contribution < -0.4 is 37.6 Å². The molecule has 0 saturated carbocycles. The van der Waals surface area contributed by atoms with Gasteiger partial charge in [-0.25, -0.2) is 4.79 Å². The highest BCUT2D eigenvalue weighted by Gasteiger charge is 2.45. The number of ether oxygens (including phenoxy) is 1. The summed E-state index contributed by atoms with van der Waals surface area (Å²) >= 11 is 4.05. The van der Waals surface area contributed by atoms with Gasteiger partial charge in [-0.15, -0.1) is 0 Å². The molecule has 4 aliphatic heterocycles. The van der Waals surface area contributed by atoms with Gasteiger partial charge < -0.3 is 77.7 Å². The first-order valence-electron chi connectivity index (χ1n) is 33.8. The van der Waals surface area contributed by atoms with E-state index in [-0.39, 0.29) is 154 Å². The normalized spacial score (nSPS) is 23.4. The number of rotatable bonds is 25. The Morgan fingerprint density at radius 2 is 1.16 bits per heavy atom. The first-order chi connectivity index (χ1) is 48.3. The second-order valence-corrected chi connectivity index (χ2v) is 28.6. The first kappa shape index (κ1) is 82.3. The van der Waals surface area contributed by atoms with E-state index in [1.54, 1.807) is 45.0 Å². The number of nitrogens with one attached hydrogen (secondary N) is 6. The molecule has 3 saturated heterocycles. The molecule has 6 rings (SSSR count). The second-order valence-electron chi connectivity index (χ2n) is 25.4. The molecule has 2 aromatic rings. The number of carboxylic acid groups (broad SMARTS) is 4. The smallest absolute Gasteiger partial charge is 0.327 e. The number of nitrogens with zero attached hydrogens (tertiary/aromatic N) is 6. The summed E-state index contributed by atoms with van der Waals surface area (Å²) < 4.78 is 5.17. The van der Waals surface area contributed by atoms with E-state index in [4.69, 9.17) is 10.5 Å². The van der Waals surface area contributed by atoms with Gasteiger partial charge in [0.15, 0.2) is 0 Å². The lowest BCUT2D eigenvalue weighted by molar-refractivity contribution is -0.148. The zero-order chi connectivity index (χ0) is 73.5. The number of hydrogen-bond donors (Lipinski definition) is 12. The predicted molar refractivity (Wildman–Crippen MR) is 375 cm³/mol. The van der Waals surface area contributed by atoms with Gasteiger partial charge in [-0.2, -0.15) is 35.3 Å². The third kappa shape index (κ3) is 28.6. The average Bonchev–Trinajstić information content (AvgIpc) is 1.72. The summed E-state index contributed by atoms with van der Waals surface area (Å²) in [6.07, 6.45) is -0.990. The van der Waals surface area contributed by atoms with Gasteiger partial charge in [0.1, 0.15) is 42.3 Å². The van der Waals surface area contributed by atoms with Crippen LogP contribution in [-0.4, -0.2) is 310 Å². The van der Waals surface area contributed by atoms with E-state index in [2.05, 4.69) is 31.9 Å². The molecule has 4 heterocycles. The van der Waals surface area contributed by atoms with E-state index in [0.29, 0.717) is 42.1 Å². The number of aliphatic carboxylic acids is 4. The Balaban J connectivity index is 1.26. The SMILES string of the molecule is COCCCC(=O)N[C@H]1CSCc2cc(CSCCNC(=O)CN3CCN(CC(=O)O)CCN(CC(=O)O)CCN(CC(=O)O)CC3)cc(c2)CSC[C@@H](C(=O)O)NC(=O)[C@H](Cc2ccccc2)NC(=O)[C@H](CCC(N)=O)NC(=O)[C@H]([C@@H](C)O)NC(=O)[C@@H]2CCCN2C(=O)[C@@H]2CCCN2C1=O. The number of methoxy groups -OCH3 is 1. The van der Waals surface area contributed by atoms with Crippen LogP contribution in [0.4, 0.5) is 0 Å². The lowest BCUT2D eigenvalue weighted by Gasteiger charge is -2.33. The Morgan fingerprint density at radius 1 is 0.624 bits per heavy atom. The zero-order valence-electron chi connectivity index (χ0n) is 57.1. The highest BCUT2D eigenvalue weighted by atomic mass is 32.2. The number of aliphatic hydroxyl groups is 1. The lowest BCUT2D eigenvalue weighted by atomic mass is 10.0. The molecular formula is C66H97N13O19S3. The summed E-state index contributed by atoms with van der Waals surface area (Å²) in [6.45, 7) is 2.86. The monoisotopic (exact) mass is 1470 g/mol. The van der Waals surface area contributed by atoms with Gasteiger partial charge in [-0.05, 0) is 67.7 Å². The molecule has 0 unspecified atom stereocenters. The van der Waals surface area contributed by atoms with Crippen LogP contribution in [0.25, 0.3) is 0 Å². The highest BCUT2D eigenvalue weighted by molar-refractivity contribution is 7.99. The van der Waals surface area contributed by atoms with Crippen LogP contribution in [0.2, 0.25) is 0 Å². The van der Waals surface area contributed by atoms with Crippen molar-refractivity contribution in [2.75, 3.05) is 129 Å². The summed E-state index contributed by atoms with van der Waals surface area (Å²) in [6, 6.07) is 4.74. The molecule has 0 aromatic heterocycles. The topological polar surface area (TPSA) is 450 Å². The Hall–Kier alpha value is -7.64. The molecule has 9 amide bonds. The summed E-state index contributed by atoms with van der Waals surface area (Å²) in [4.78, 5) is 184. The van der Waals surface area contributed by atoms with Crippen molar-refractivity contribution in [3.8, 4) is 0 Å². The molecule has 32 nitrogen and oxygen atoms in total. The third-order valence-corrected chi connectivity index (χ3v) is 20.6. The molecule has 3 fully saturated rings. The minimum atomic E-state index is -1.72. The number of fused-ring (bicyclic) bond motifs is 4. The number of carbonyl (C=O) groups is 13. The Labute approximate surface area is 599 Å². The van der Waals surface area contributed by atoms with Gasteiger partial charge in [-0.1, -0.05) is 48.5 Å². The van der Waals surface area contributed by atoms with Crippen molar-refractivity contribution in [1.29, 1.82) is 0 Å². The number of primary amides is 1. The molecule has 2 bridgehead atoms. The minimum absolute atomic E-state index is 0.0363. The lowest BCUT2D eigenvalue weighted by Crippen LogP contribution is -2.61. The Kier molecular flexibility index (Phi) is 34.8. The summed E-state index contributed by atoms with van der Waals surface area (Å²) in [5.74, 6) is -9.71. The standard InChI is InChI=1S/C66H97N13O19S3/c1-42(80)59-63(93)70-47(14-15-53(67)81)60(90)71-48(32-43-9-4-3-5-10-43)61(91)72-50(66(96)97)41-101-39-46-30-44(37-99-28-16-68-55(83)33-74-19-21-75(34-56(84)85)23-25-77(36-58(88)89)26-24-76(22-20-74)35-57(86)87)29-45(31-46)38-100-40-49(69-54(82)13-8-27-98-2)64(94)79-18-7-12-52(79)65(95)78-17-6-11-51(78)62(92)73-59/h3-5,9-10,29-31,42,47-52,59,80H,6-8,11-28,32-41H2,1-2H3,(H2,67,81)(H,68,83)(H,69,82)(H,70,93)(H,71,90)(H,72,91)(H,73,92)(H,84,85)(H,86,87)(H,88,89)(H,96,97)/t42-,47+,48+,49+,50+,51+,52+,59+/m1/s1. The molecule has 101 heavy (non-hydrogen) atoms. The number of thioether (sulfide) groups is 3. The number of carbonyl (C=O) groups excluding carboxylic acids is 9. The van der Waals surface area contributed by atoms with Crippen LogP contribution in [0.5, 0.6) is 0 Å². The van der Waals surface area contributed by atoms with Crippen molar-refractivity contribution in [2.24, 2.45) is 5.73 Å². The van der Waals surface area contributed by atoms with Crippen molar-refractivity contribution < 1.29 is 92.6 Å². The second kappa shape index (κ2) is 42.7. The maximum Gasteiger partial charge on any atom is 0.327 e. The fourth-order valence-corrected chi connectivity index (χ4v) is 15.0. The van der Waals surface area contributed by atoms with Gasteiger partial charge >= 0.3 is 23.9 Å². The van der Waals surface area contributed by atoms with Crippen molar-refractivity contribution in [3.63, 3.8) is 0 Å². The van der Waals surface area contributed by atoms with Gasteiger partial charge in [-0.3, -0.25) is 77.1 Å². The van der Waals surface area contributed by atoms with E-state index in [1.807, 2.05) is 23.1 Å². The molecule has 8 atom stereocenters. The van der Waals surface area contributed by atoms with Gasteiger partial charge in [0.05, 0.1) is 32.3 Å². The number of aliphatic hydroxyl groups excluding tert-OH is 1. The molecular weight excluding hydrogens is 1370 g/mol. The molecule has 0 radical (unpaired) electrons. The number of hydrogen-bond acceptors (Lipinski definition) is 22. The van der Waals surface area contributed by atoms with Crippen LogP contribution in [0, 0.1) is 0 Å². The van der Waals surface area contributed by atoms with E-state index in [0.717, 1.165) is 16.7 Å². The van der Waals surface area contributed by atoms with Crippen molar-refractivity contribution in [1.82, 2.24) is 61.3 Å². The molecule has 0 aliphatic carbocycles. The third-order valence-electron chi connectivity index (χ3n) is 17.4. The van der Waals surface area contributed by atoms with E-state index in [9.17, 15) is 87.9 Å².